The lowest BCUT2D eigenvalue weighted by Gasteiger charge is -2.39. The smallest absolute Gasteiger partial charge is 0.338 e. The maximum atomic E-state index is 12.1. The number of hydrogen-bond acceptors (Lipinski definition) is 6. The van der Waals surface area contributed by atoms with Crippen molar-refractivity contribution in [2.75, 3.05) is 45.9 Å². The van der Waals surface area contributed by atoms with E-state index in [0.717, 1.165) is 49.7 Å². The molecule has 0 unspecified atom stereocenters. The van der Waals surface area contributed by atoms with Crippen molar-refractivity contribution < 1.29 is 19.5 Å². The van der Waals surface area contributed by atoms with Crippen molar-refractivity contribution in [3.8, 4) is 5.75 Å². The van der Waals surface area contributed by atoms with E-state index >= 15 is 0 Å². The zero-order valence-corrected chi connectivity index (χ0v) is 24.6. The molecule has 232 valence electrons. The highest BCUT2D eigenvalue weighted by molar-refractivity contribution is 6.30. The molecule has 9 nitrogen and oxygen atoms in total. The first-order valence-electron chi connectivity index (χ1n) is 14.4. The lowest BCUT2D eigenvalue weighted by molar-refractivity contribution is -0.0402. The Morgan fingerprint density at radius 1 is 0.907 bits per heavy atom. The van der Waals surface area contributed by atoms with Gasteiger partial charge in [-0.25, -0.2) is 9.86 Å². The lowest BCUT2D eigenvalue weighted by atomic mass is 9.96. The van der Waals surface area contributed by atoms with E-state index in [0.29, 0.717) is 42.2 Å². The highest BCUT2D eigenvalue weighted by Gasteiger charge is 2.26. The molecule has 4 rings (SSSR count). The van der Waals surface area contributed by atoms with Crippen LogP contribution in [-0.2, 0) is 6.42 Å². The predicted molar refractivity (Wildman–Crippen MR) is 171 cm³/mol. The summed E-state index contributed by atoms with van der Waals surface area (Å²) in [6.07, 6.45) is 2.78. The first-order chi connectivity index (χ1) is 20.3. The van der Waals surface area contributed by atoms with Gasteiger partial charge in [0.25, 0.3) is 5.91 Å². The number of piperazine rings is 1. The van der Waals surface area contributed by atoms with Crippen molar-refractivity contribution in [3.63, 3.8) is 0 Å². The minimum atomic E-state index is -0.874. The maximum Gasteiger partial charge on any atom is 0.338 e. The monoisotopic (exact) mass is 609 g/mol. The largest absolute Gasteiger partial charge is 0.493 e. The van der Waals surface area contributed by atoms with Gasteiger partial charge >= 0.3 is 6.03 Å². The molecule has 1 fully saturated rings. The summed E-state index contributed by atoms with van der Waals surface area (Å²) in [6.45, 7) is 5.38. The number of unbranched alkanes of at least 4 members (excludes halogenated alkanes) is 1. The third-order valence-corrected chi connectivity index (χ3v) is 7.85. The number of hydroxylamine groups is 2. The number of nitrogens with zero attached hydrogens (tertiary/aromatic N) is 3. The summed E-state index contributed by atoms with van der Waals surface area (Å²) in [4.78, 5) is 28.0. The summed E-state index contributed by atoms with van der Waals surface area (Å²) >= 11 is 6.16. The number of aryl methyl sites for hydroxylation is 1. The number of rotatable bonds is 14. The normalized spacial score (nSPS) is 14.5. The van der Waals surface area contributed by atoms with Gasteiger partial charge in [0.2, 0.25) is 0 Å². The molecule has 0 aromatic heterocycles. The average molecular weight is 610 g/mol. The molecular formula is C33H44ClN5O4. The van der Waals surface area contributed by atoms with Gasteiger partial charge in [-0.1, -0.05) is 67.6 Å². The Bertz CT molecular complexity index is 1300. The van der Waals surface area contributed by atoms with Crippen LogP contribution in [0.25, 0.3) is 0 Å². The lowest BCUT2D eigenvalue weighted by Crippen LogP contribution is -2.48. The van der Waals surface area contributed by atoms with Crippen molar-refractivity contribution in [2.24, 2.45) is 11.5 Å². The average Bonchev–Trinajstić information content (AvgIpc) is 3.00. The molecule has 1 aliphatic heterocycles. The Morgan fingerprint density at radius 2 is 1.58 bits per heavy atom. The molecule has 1 atom stereocenters. The summed E-state index contributed by atoms with van der Waals surface area (Å²) in [5, 5.41) is 10.6. The van der Waals surface area contributed by atoms with Crippen LogP contribution in [0.15, 0.2) is 72.8 Å². The molecule has 3 aromatic carbocycles. The van der Waals surface area contributed by atoms with Crippen LogP contribution in [0.2, 0.25) is 5.02 Å². The predicted octanol–water partition coefficient (Wildman–Crippen LogP) is 5.34. The van der Waals surface area contributed by atoms with Gasteiger partial charge in [0, 0.05) is 37.7 Å². The molecule has 0 spiro atoms. The molecule has 0 bridgehead atoms. The van der Waals surface area contributed by atoms with Crippen molar-refractivity contribution >= 4 is 23.5 Å². The molecule has 1 heterocycles. The van der Waals surface area contributed by atoms with E-state index in [4.69, 9.17) is 27.8 Å². The van der Waals surface area contributed by atoms with Gasteiger partial charge in [-0.05, 0) is 66.6 Å². The van der Waals surface area contributed by atoms with E-state index in [1.807, 2.05) is 24.3 Å². The van der Waals surface area contributed by atoms with E-state index in [2.05, 4.69) is 46.2 Å². The van der Waals surface area contributed by atoms with E-state index in [-0.39, 0.29) is 20.0 Å². The Morgan fingerprint density at radius 3 is 2.23 bits per heavy atom. The second-order valence-corrected chi connectivity index (χ2v) is 11.0. The van der Waals surface area contributed by atoms with Crippen LogP contribution in [-0.4, -0.2) is 77.9 Å². The standard InChI is InChI=1S/C32H40ClN5O4.CH4/c33-27-13-11-26(12-14-27)30(25-8-2-1-3-9-25)37-20-18-36(19-21-37)16-6-22-42-29-15-10-24(23-28(29)31(34)39)7-4-5-17-38(41)32(35)40;/h1-3,8-15,23,30,41H,4-7,16-22H2,(H2,34,39)(H2,35,40);1H4/t30-;/m1./s1. The number of nitrogens with two attached hydrogens (primary N) is 2. The van der Waals surface area contributed by atoms with Crippen LogP contribution >= 0.6 is 11.6 Å². The van der Waals surface area contributed by atoms with Crippen LogP contribution in [0.5, 0.6) is 5.75 Å². The first-order valence-corrected chi connectivity index (χ1v) is 14.8. The molecule has 5 N–H and O–H groups in total. The van der Waals surface area contributed by atoms with Gasteiger partial charge in [-0.15, -0.1) is 0 Å². The Balaban J connectivity index is 0.00000506. The molecular weight excluding hydrogens is 566 g/mol. The first kappa shape index (κ1) is 33.9. The topological polar surface area (TPSA) is 125 Å². The molecule has 3 amide bonds. The molecule has 0 saturated carbocycles. The molecule has 0 aliphatic carbocycles. The number of carbonyl (C=O) groups excluding carboxylic acids is 2. The van der Waals surface area contributed by atoms with Crippen LogP contribution < -0.4 is 16.2 Å². The quantitative estimate of drug-likeness (QED) is 0.129. The number of carbonyl (C=O) groups is 2. The van der Waals surface area contributed by atoms with Crippen LogP contribution in [0.1, 0.15) is 59.8 Å². The van der Waals surface area contributed by atoms with E-state index < -0.39 is 11.9 Å². The van der Waals surface area contributed by atoms with Gasteiger partial charge in [-0.2, -0.15) is 0 Å². The van der Waals surface area contributed by atoms with Gasteiger partial charge in [0.1, 0.15) is 5.75 Å². The minimum Gasteiger partial charge on any atom is -0.493 e. The van der Waals surface area contributed by atoms with E-state index in [1.54, 1.807) is 12.1 Å². The van der Waals surface area contributed by atoms with Crippen molar-refractivity contribution in [1.29, 1.82) is 0 Å². The van der Waals surface area contributed by atoms with Crippen LogP contribution in [0, 0.1) is 0 Å². The van der Waals surface area contributed by atoms with Gasteiger partial charge in [0.15, 0.2) is 0 Å². The fraction of sp³-hybridized carbons (Fsp3) is 0.394. The number of halogens is 1. The van der Waals surface area contributed by atoms with Gasteiger partial charge in [-0.3, -0.25) is 14.9 Å². The zero-order valence-electron chi connectivity index (χ0n) is 23.8. The van der Waals surface area contributed by atoms with E-state index in [9.17, 15) is 14.8 Å². The Labute approximate surface area is 259 Å². The minimum absolute atomic E-state index is 0. The number of urea groups is 1. The summed E-state index contributed by atoms with van der Waals surface area (Å²) in [5.41, 5.74) is 14.5. The van der Waals surface area contributed by atoms with E-state index in [1.165, 1.54) is 11.1 Å². The summed E-state index contributed by atoms with van der Waals surface area (Å²) in [6, 6.07) is 23.5. The van der Waals surface area contributed by atoms with Gasteiger partial charge < -0.3 is 21.1 Å². The molecule has 3 aromatic rings. The van der Waals surface area contributed by atoms with Crippen molar-refractivity contribution in [3.05, 3.63) is 100 Å². The van der Waals surface area contributed by atoms with Crippen molar-refractivity contribution in [2.45, 2.75) is 39.2 Å². The number of amides is 3. The second-order valence-electron chi connectivity index (χ2n) is 10.6. The number of hydrogen-bond donors (Lipinski definition) is 3. The third kappa shape index (κ3) is 9.96. The summed E-state index contributed by atoms with van der Waals surface area (Å²) in [5.74, 6) is -0.0492. The fourth-order valence-electron chi connectivity index (χ4n) is 5.36. The number of ether oxygens (including phenoxy) is 1. The molecule has 1 aliphatic rings. The molecule has 1 saturated heterocycles. The summed E-state index contributed by atoms with van der Waals surface area (Å²) in [7, 11) is 0. The fourth-order valence-corrected chi connectivity index (χ4v) is 5.49. The highest BCUT2D eigenvalue weighted by Crippen LogP contribution is 2.30. The van der Waals surface area contributed by atoms with Crippen LogP contribution in [0.3, 0.4) is 0 Å². The van der Waals surface area contributed by atoms with Crippen LogP contribution in [0.4, 0.5) is 4.79 Å². The SMILES string of the molecule is C.NC(=O)c1cc(CCCCN(O)C(N)=O)ccc1OCCCN1CCN([C@H](c2ccccc2)c2ccc(Cl)cc2)CC1. The Hall–Kier alpha value is -3.63. The second kappa shape index (κ2) is 16.9. The number of primary amides is 2. The molecule has 10 heteroatoms. The third-order valence-electron chi connectivity index (χ3n) is 7.60. The molecule has 43 heavy (non-hydrogen) atoms. The summed E-state index contributed by atoms with van der Waals surface area (Å²) < 4.78 is 5.97. The van der Waals surface area contributed by atoms with Gasteiger partial charge in [0.05, 0.1) is 24.8 Å². The zero-order chi connectivity index (χ0) is 29.9. The molecule has 0 radical (unpaired) electrons. The van der Waals surface area contributed by atoms with Crippen molar-refractivity contribution in [1.82, 2.24) is 14.9 Å². The number of benzene rings is 3. The maximum absolute atomic E-state index is 12.1. The highest BCUT2D eigenvalue weighted by atomic mass is 35.5. The Kier molecular flexibility index (Phi) is 13.3.